The number of aliphatic hydroxyl groups excluding tert-OH is 1. The molecule has 1 aromatic carbocycles. The summed E-state index contributed by atoms with van der Waals surface area (Å²) in [5.41, 5.74) is -0.766. The molecule has 9 nitrogen and oxygen atoms in total. The number of carbonyl (C=O) groups is 3. The fraction of sp³-hybridized carbons (Fsp3) is 0.606. The Morgan fingerprint density at radius 1 is 1.00 bits per heavy atom. The Balaban J connectivity index is 1.62. The first-order valence-corrected chi connectivity index (χ1v) is 15.4. The van der Waals surface area contributed by atoms with E-state index in [9.17, 15) is 19.5 Å². The van der Waals surface area contributed by atoms with Gasteiger partial charge in [0.15, 0.2) is 0 Å². The fourth-order valence-corrected chi connectivity index (χ4v) is 7.38. The van der Waals surface area contributed by atoms with E-state index in [0.717, 1.165) is 38.0 Å². The molecule has 4 heterocycles. The second-order valence-corrected chi connectivity index (χ2v) is 12.3. The molecule has 1 N–H and O–H groups in total. The number of hydrogen-bond acceptors (Lipinski definition) is 7. The van der Waals surface area contributed by atoms with Gasteiger partial charge in [-0.15, -0.1) is 0 Å². The minimum Gasteiger partial charge on any atom is -0.465 e. The van der Waals surface area contributed by atoms with Crippen LogP contribution >= 0.6 is 0 Å². The Labute approximate surface area is 249 Å². The summed E-state index contributed by atoms with van der Waals surface area (Å²) in [6.07, 6.45) is 10.0. The molecule has 42 heavy (non-hydrogen) atoms. The first-order chi connectivity index (χ1) is 20.1. The van der Waals surface area contributed by atoms with Gasteiger partial charge in [0, 0.05) is 31.0 Å². The van der Waals surface area contributed by atoms with Crippen molar-refractivity contribution in [3.8, 4) is 0 Å². The van der Waals surface area contributed by atoms with Gasteiger partial charge in [0.05, 0.1) is 30.8 Å². The van der Waals surface area contributed by atoms with Gasteiger partial charge >= 0.3 is 5.97 Å². The molecule has 5 rings (SSSR count). The van der Waals surface area contributed by atoms with Gasteiger partial charge in [-0.25, -0.2) is 0 Å². The van der Waals surface area contributed by atoms with E-state index in [1.165, 1.54) is 4.90 Å². The second-order valence-electron chi connectivity index (χ2n) is 12.3. The third kappa shape index (κ3) is 4.84. The van der Waals surface area contributed by atoms with Crippen LogP contribution in [0.2, 0.25) is 0 Å². The second kappa shape index (κ2) is 11.8. The fourth-order valence-electron chi connectivity index (χ4n) is 7.38. The van der Waals surface area contributed by atoms with E-state index in [0.29, 0.717) is 5.69 Å². The number of rotatable bonds is 7. The number of benzene rings is 1. The highest BCUT2D eigenvalue weighted by Gasteiger charge is 2.75. The predicted molar refractivity (Wildman–Crippen MR) is 161 cm³/mol. The number of anilines is 2. The molecule has 1 unspecified atom stereocenters. The largest absolute Gasteiger partial charge is 0.465 e. The zero-order valence-corrected chi connectivity index (χ0v) is 25.5. The molecule has 2 amide bonds. The maximum Gasteiger partial charge on any atom is 0.313 e. The molecule has 228 valence electrons. The quantitative estimate of drug-likeness (QED) is 0.388. The number of fused-ring (bicyclic) bond motifs is 2. The van der Waals surface area contributed by atoms with Crippen molar-refractivity contribution >= 4 is 29.2 Å². The summed E-state index contributed by atoms with van der Waals surface area (Å²) in [6.45, 7) is 11.8. The van der Waals surface area contributed by atoms with Crippen LogP contribution in [-0.2, 0) is 23.9 Å². The number of nitrogens with zero attached hydrogens (tertiary/aromatic N) is 3. The maximum absolute atomic E-state index is 14.7. The van der Waals surface area contributed by atoms with Gasteiger partial charge in [0.2, 0.25) is 5.91 Å². The standard InChI is InChI=1S/C33H45N3O6/c1-6-34(7-2)23-13-15-24(16-14-23)35-19-12-18-33-26(29(38)36(28(33)30(35)39)25(21-37)22(3)4)27-31(40)41-20-11-9-8-10-17-32(27,5)42-33/h10,12-18,22,25-28,37H,6-9,11,19-21H2,1-5H3/b17-10-/t25-,26-,27+,28?,32-,33-/m0/s1. The van der Waals surface area contributed by atoms with Gasteiger partial charge in [0.25, 0.3) is 5.91 Å². The van der Waals surface area contributed by atoms with E-state index in [1.807, 2.05) is 69.3 Å². The maximum atomic E-state index is 14.7. The normalized spacial score (nSPS) is 32.6. The number of aliphatic hydroxyl groups is 1. The molecular weight excluding hydrogens is 534 g/mol. The lowest BCUT2D eigenvalue weighted by molar-refractivity contribution is -0.160. The van der Waals surface area contributed by atoms with E-state index in [2.05, 4.69) is 18.7 Å². The lowest BCUT2D eigenvalue weighted by atomic mass is 9.74. The third-order valence-corrected chi connectivity index (χ3v) is 9.54. The van der Waals surface area contributed by atoms with Crippen LogP contribution in [-0.4, -0.2) is 83.9 Å². The lowest BCUT2D eigenvalue weighted by Gasteiger charge is -2.41. The van der Waals surface area contributed by atoms with Crippen molar-refractivity contribution in [1.29, 1.82) is 0 Å². The average Bonchev–Trinajstić information content (AvgIpc) is 3.29. The molecule has 2 fully saturated rings. The summed E-state index contributed by atoms with van der Waals surface area (Å²) in [7, 11) is 0. The molecule has 2 saturated heterocycles. The van der Waals surface area contributed by atoms with E-state index < -0.39 is 41.1 Å². The van der Waals surface area contributed by atoms with Crippen LogP contribution in [0.4, 0.5) is 11.4 Å². The van der Waals surface area contributed by atoms with Crippen molar-refractivity contribution in [1.82, 2.24) is 4.90 Å². The van der Waals surface area contributed by atoms with Crippen molar-refractivity contribution in [2.45, 2.75) is 77.2 Å². The highest BCUT2D eigenvalue weighted by molar-refractivity contribution is 6.05. The Kier molecular flexibility index (Phi) is 8.54. The molecule has 9 heteroatoms. The lowest BCUT2D eigenvalue weighted by Crippen LogP contribution is -2.59. The van der Waals surface area contributed by atoms with Crippen molar-refractivity contribution in [2.24, 2.45) is 17.8 Å². The van der Waals surface area contributed by atoms with E-state index in [-0.39, 0.29) is 37.5 Å². The summed E-state index contributed by atoms with van der Waals surface area (Å²) in [5, 5.41) is 10.5. The molecule has 1 spiro atoms. The summed E-state index contributed by atoms with van der Waals surface area (Å²) in [4.78, 5) is 48.3. The summed E-state index contributed by atoms with van der Waals surface area (Å²) >= 11 is 0. The third-order valence-electron chi connectivity index (χ3n) is 9.54. The van der Waals surface area contributed by atoms with Crippen LogP contribution < -0.4 is 9.80 Å². The number of likely N-dealkylation sites (tertiary alicyclic amines) is 1. The number of amides is 2. The van der Waals surface area contributed by atoms with E-state index in [1.54, 1.807) is 4.90 Å². The van der Waals surface area contributed by atoms with Crippen molar-refractivity contribution < 1.29 is 29.0 Å². The van der Waals surface area contributed by atoms with E-state index in [4.69, 9.17) is 9.47 Å². The molecule has 0 radical (unpaired) electrons. The van der Waals surface area contributed by atoms with Crippen LogP contribution in [0.1, 0.15) is 53.9 Å². The smallest absolute Gasteiger partial charge is 0.313 e. The van der Waals surface area contributed by atoms with Gasteiger partial charge < -0.3 is 29.3 Å². The molecule has 4 aliphatic rings. The van der Waals surface area contributed by atoms with Crippen LogP contribution in [0.5, 0.6) is 0 Å². The number of cyclic esters (lactones) is 1. The van der Waals surface area contributed by atoms with Gasteiger partial charge in [-0.3, -0.25) is 14.4 Å². The van der Waals surface area contributed by atoms with Crippen LogP contribution in [0.25, 0.3) is 0 Å². The van der Waals surface area contributed by atoms with Crippen molar-refractivity contribution in [3.05, 3.63) is 48.6 Å². The Hall–Kier alpha value is -3.17. The predicted octanol–water partition coefficient (Wildman–Crippen LogP) is 3.71. The average molecular weight is 580 g/mol. The number of hydrogen-bond donors (Lipinski definition) is 1. The van der Waals surface area contributed by atoms with Crippen molar-refractivity contribution in [3.63, 3.8) is 0 Å². The van der Waals surface area contributed by atoms with Gasteiger partial charge in [-0.2, -0.15) is 0 Å². The van der Waals surface area contributed by atoms with Gasteiger partial charge in [-0.1, -0.05) is 38.2 Å². The summed E-state index contributed by atoms with van der Waals surface area (Å²) in [5.74, 6) is -3.19. The zero-order valence-electron chi connectivity index (χ0n) is 25.5. The number of ether oxygens (including phenoxy) is 2. The first-order valence-electron chi connectivity index (χ1n) is 15.4. The van der Waals surface area contributed by atoms with Crippen LogP contribution in [0, 0.1) is 17.8 Å². The van der Waals surface area contributed by atoms with Crippen LogP contribution in [0.15, 0.2) is 48.6 Å². The Morgan fingerprint density at radius 3 is 2.36 bits per heavy atom. The zero-order chi connectivity index (χ0) is 30.2. The summed E-state index contributed by atoms with van der Waals surface area (Å²) in [6, 6.07) is 6.18. The SMILES string of the molecule is CCN(CC)c1ccc(N2CC=C[C@]34O[C@@]5(C)/C=C\CCCCOC(=O)[C@H]5[C@H]3C(=O)N([C@@H](CO)C(C)C)C4C2=O)cc1. The molecule has 0 aromatic heterocycles. The Morgan fingerprint density at radius 2 is 1.71 bits per heavy atom. The number of allylic oxidation sites excluding steroid dienone is 1. The highest BCUT2D eigenvalue weighted by atomic mass is 16.6. The van der Waals surface area contributed by atoms with Crippen molar-refractivity contribution in [2.75, 3.05) is 42.6 Å². The topological polar surface area (TPSA) is 99.6 Å². The highest BCUT2D eigenvalue weighted by Crippen LogP contribution is 2.57. The summed E-state index contributed by atoms with van der Waals surface area (Å²) < 4.78 is 12.6. The molecular formula is C33H45N3O6. The molecule has 6 atom stereocenters. The first kappa shape index (κ1) is 30.3. The van der Waals surface area contributed by atoms with Gasteiger partial charge in [0.1, 0.15) is 17.6 Å². The van der Waals surface area contributed by atoms with E-state index >= 15 is 0 Å². The molecule has 0 aliphatic carbocycles. The van der Waals surface area contributed by atoms with Crippen LogP contribution in [0.3, 0.4) is 0 Å². The number of carbonyl (C=O) groups excluding carboxylic acids is 3. The van der Waals surface area contributed by atoms with Gasteiger partial charge in [-0.05, 0) is 70.2 Å². The molecule has 1 aromatic rings. The monoisotopic (exact) mass is 579 g/mol. The molecule has 0 saturated carbocycles. The molecule has 4 aliphatic heterocycles. The Bertz CT molecular complexity index is 1240. The number of esters is 1. The minimum atomic E-state index is -1.40. The molecule has 0 bridgehead atoms. The minimum absolute atomic E-state index is 0.140.